The SMILES string of the molecule is CCNC(=NCC1CCN(c2ccc(Br)cc2)C1)N1CCN(C(C)=O)CC1. The van der Waals surface area contributed by atoms with Crippen LogP contribution in [0.15, 0.2) is 33.7 Å². The normalized spacial score (nSPS) is 20.9. The summed E-state index contributed by atoms with van der Waals surface area (Å²) in [5.74, 6) is 1.74. The van der Waals surface area contributed by atoms with Gasteiger partial charge in [0.05, 0.1) is 0 Å². The van der Waals surface area contributed by atoms with Crippen molar-refractivity contribution in [2.45, 2.75) is 20.3 Å². The molecule has 27 heavy (non-hydrogen) atoms. The van der Waals surface area contributed by atoms with Gasteiger partial charge in [0.25, 0.3) is 0 Å². The number of anilines is 1. The molecule has 0 aliphatic carbocycles. The van der Waals surface area contributed by atoms with Gasteiger partial charge in [-0.05, 0) is 43.5 Å². The summed E-state index contributed by atoms with van der Waals surface area (Å²) in [6, 6.07) is 8.55. The van der Waals surface area contributed by atoms with Crippen LogP contribution in [0.1, 0.15) is 20.3 Å². The maximum atomic E-state index is 11.5. The van der Waals surface area contributed by atoms with Crippen LogP contribution in [0.2, 0.25) is 0 Å². The molecule has 0 saturated carbocycles. The molecule has 6 nitrogen and oxygen atoms in total. The Kier molecular flexibility index (Phi) is 6.99. The number of aliphatic imine (C=N–C) groups is 1. The van der Waals surface area contributed by atoms with Crippen LogP contribution >= 0.6 is 15.9 Å². The highest BCUT2D eigenvalue weighted by atomic mass is 79.9. The molecule has 0 bridgehead atoms. The number of amides is 1. The fourth-order valence-corrected chi connectivity index (χ4v) is 4.01. The second-order valence-corrected chi connectivity index (χ2v) is 8.18. The Bertz CT molecular complexity index is 655. The van der Waals surface area contributed by atoms with E-state index in [-0.39, 0.29) is 5.91 Å². The number of benzene rings is 1. The Balaban J connectivity index is 1.54. The van der Waals surface area contributed by atoms with Crippen LogP contribution in [0.5, 0.6) is 0 Å². The van der Waals surface area contributed by atoms with Crippen LogP contribution in [0.3, 0.4) is 0 Å². The second kappa shape index (κ2) is 9.44. The molecule has 148 valence electrons. The van der Waals surface area contributed by atoms with Crippen molar-refractivity contribution in [3.63, 3.8) is 0 Å². The zero-order chi connectivity index (χ0) is 19.2. The number of nitrogens with zero attached hydrogens (tertiary/aromatic N) is 4. The number of carbonyl (C=O) groups excluding carboxylic acids is 1. The van der Waals surface area contributed by atoms with Crippen LogP contribution in [0.25, 0.3) is 0 Å². The first-order chi connectivity index (χ1) is 13.1. The zero-order valence-corrected chi connectivity index (χ0v) is 17.9. The lowest BCUT2D eigenvalue weighted by molar-refractivity contribution is -0.130. The average molecular weight is 436 g/mol. The molecule has 3 rings (SSSR count). The Labute approximate surface area is 170 Å². The van der Waals surface area contributed by atoms with Gasteiger partial charge in [0.1, 0.15) is 0 Å². The van der Waals surface area contributed by atoms with E-state index in [9.17, 15) is 4.79 Å². The Morgan fingerprint density at radius 3 is 2.44 bits per heavy atom. The standard InChI is InChI=1S/C20H30BrN5O/c1-3-22-20(25-12-10-24(11-13-25)16(2)27)23-14-17-8-9-26(15-17)19-6-4-18(21)5-7-19/h4-7,17H,3,8-15H2,1-2H3,(H,22,23). The number of rotatable bonds is 4. The van der Waals surface area contributed by atoms with Crippen molar-refractivity contribution >= 4 is 33.5 Å². The van der Waals surface area contributed by atoms with E-state index in [1.165, 1.54) is 12.1 Å². The predicted octanol–water partition coefficient (Wildman–Crippen LogP) is 2.41. The van der Waals surface area contributed by atoms with Crippen LogP contribution in [0.4, 0.5) is 5.69 Å². The lowest BCUT2D eigenvalue weighted by Gasteiger charge is -2.36. The van der Waals surface area contributed by atoms with Crippen LogP contribution in [0, 0.1) is 5.92 Å². The summed E-state index contributed by atoms with van der Waals surface area (Å²) in [6.07, 6.45) is 1.18. The molecule has 1 amide bonds. The summed E-state index contributed by atoms with van der Waals surface area (Å²) in [5.41, 5.74) is 1.29. The first-order valence-electron chi connectivity index (χ1n) is 9.86. The third kappa shape index (κ3) is 5.37. The van der Waals surface area contributed by atoms with Crippen molar-refractivity contribution in [3.8, 4) is 0 Å². The summed E-state index contributed by atoms with van der Waals surface area (Å²) in [7, 11) is 0. The number of nitrogens with one attached hydrogen (secondary N) is 1. The molecule has 0 radical (unpaired) electrons. The molecule has 1 atom stereocenters. The molecule has 2 heterocycles. The minimum atomic E-state index is 0.163. The summed E-state index contributed by atoms with van der Waals surface area (Å²) in [5, 5.41) is 3.42. The molecule has 2 aliphatic heterocycles. The molecule has 0 spiro atoms. The van der Waals surface area contributed by atoms with Crippen LogP contribution in [-0.4, -0.2) is 74.0 Å². The second-order valence-electron chi connectivity index (χ2n) is 7.26. The fourth-order valence-electron chi connectivity index (χ4n) is 3.74. The summed E-state index contributed by atoms with van der Waals surface area (Å²) >= 11 is 3.50. The smallest absolute Gasteiger partial charge is 0.219 e. The Hall–Kier alpha value is -1.76. The lowest BCUT2D eigenvalue weighted by Crippen LogP contribution is -2.53. The summed E-state index contributed by atoms with van der Waals surface area (Å²) < 4.78 is 1.12. The first-order valence-corrected chi connectivity index (χ1v) is 10.7. The number of carbonyl (C=O) groups is 1. The molecule has 1 N–H and O–H groups in total. The van der Waals surface area contributed by atoms with Gasteiger partial charge in [-0.1, -0.05) is 15.9 Å². The number of guanidine groups is 1. The molecule has 2 fully saturated rings. The molecule has 1 unspecified atom stereocenters. The summed E-state index contributed by atoms with van der Waals surface area (Å²) in [6.45, 7) is 10.9. The molecular weight excluding hydrogens is 406 g/mol. The monoisotopic (exact) mass is 435 g/mol. The van der Waals surface area contributed by atoms with Crippen molar-refractivity contribution in [2.75, 3.05) is 57.3 Å². The van der Waals surface area contributed by atoms with Gasteiger partial charge in [0.15, 0.2) is 5.96 Å². The minimum Gasteiger partial charge on any atom is -0.371 e. The van der Waals surface area contributed by atoms with E-state index >= 15 is 0 Å². The minimum absolute atomic E-state index is 0.163. The Morgan fingerprint density at radius 1 is 1.15 bits per heavy atom. The molecule has 2 saturated heterocycles. The van der Waals surface area contributed by atoms with Crippen molar-refractivity contribution in [1.29, 1.82) is 0 Å². The quantitative estimate of drug-likeness (QED) is 0.582. The van der Waals surface area contributed by atoms with Gasteiger partial charge in [-0.25, -0.2) is 0 Å². The van der Waals surface area contributed by atoms with E-state index in [0.29, 0.717) is 5.92 Å². The summed E-state index contributed by atoms with van der Waals surface area (Å²) in [4.78, 5) is 23.1. The van der Waals surface area contributed by atoms with Crippen molar-refractivity contribution in [1.82, 2.24) is 15.1 Å². The van der Waals surface area contributed by atoms with Gasteiger partial charge in [0, 0.05) is 69.4 Å². The largest absolute Gasteiger partial charge is 0.371 e. The number of piperazine rings is 1. The third-order valence-corrected chi connectivity index (χ3v) is 5.86. The number of hydrogen-bond acceptors (Lipinski definition) is 3. The van der Waals surface area contributed by atoms with Crippen molar-refractivity contribution in [2.24, 2.45) is 10.9 Å². The van der Waals surface area contributed by atoms with E-state index in [4.69, 9.17) is 4.99 Å². The van der Waals surface area contributed by atoms with Gasteiger partial charge in [-0.15, -0.1) is 0 Å². The van der Waals surface area contributed by atoms with Crippen molar-refractivity contribution in [3.05, 3.63) is 28.7 Å². The maximum Gasteiger partial charge on any atom is 0.219 e. The van der Waals surface area contributed by atoms with Gasteiger partial charge in [-0.2, -0.15) is 0 Å². The zero-order valence-electron chi connectivity index (χ0n) is 16.3. The third-order valence-electron chi connectivity index (χ3n) is 5.34. The predicted molar refractivity (Wildman–Crippen MR) is 114 cm³/mol. The molecule has 7 heteroatoms. The fraction of sp³-hybridized carbons (Fsp3) is 0.600. The van der Waals surface area contributed by atoms with Gasteiger partial charge in [-0.3, -0.25) is 9.79 Å². The van der Waals surface area contributed by atoms with Crippen molar-refractivity contribution < 1.29 is 4.79 Å². The highest BCUT2D eigenvalue weighted by Crippen LogP contribution is 2.25. The highest BCUT2D eigenvalue weighted by Gasteiger charge is 2.24. The topological polar surface area (TPSA) is 51.2 Å². The number of halogens is 1. The first kappa shape index (κ1) is 20.0. The van der Waals surface area contributed by atoms with E-state index in [2.05, 4.69) is 62.2 Å². The van der Waals surface area contributed by atoms with Gasteiger partial charge < -0.3 is 20.0 Å². The van der Waals surface area contributed by atoms with Gasteiger partial charge in [0.2, 0.25) is 5.91 Å². The molecule has 2 aliphatic rings. The van der Waals surface area contributed by atoms with Crippen LogP contribution in [-0.2, 0) is 4.79 Å². The Morgan fingerprint density at radius 2 is 1.81 bits per heavy atom. The van der Waals surface area contributed by atoms with Gasteiger partial charge >= 0.3 is 0 Å². The maximum absolute atomic E-state index is 11.5. The molecule has 0 aromatic heterocycles. The molecular formula is C20H30BrN5O. The lowest BCUT2D eigenvalue weighted by atomic mass is 10.1. The van der Waals surface area contributed by atoms with E-state index in [1.54, 1.807) is 6.92 Å². The van der Waals surface area contributed by atoms with Crippen LogP contribution < -0.4 is 10.2 Å². The van der Waals surface area contributed by atoms with E-state index in [0.717, 1.165) is 62.8 Å². The molecule has 1 aromatic carbocycles. The number of hydrogen-bond donors (Lipinski definition) is 1. The molecule has 1 aromatic rings. The van der Waals surface area contributed by atoms with E-state index in [1.807, 2.05) is 4.90 Å². The van der Waals surface area contributed by atoms with E-state index < -0.39 is 0 Å². The average Bonchev–Trinajstić information content (AvgIpc) is 3.15. The highest BCUT2D eigenvalue weighted by molar-refractivity contribution is 9.10.